The first-order chi connectivity index (χ1) is 21.3. The summed E-state index contributed by atoms with van der Waals surface area (Å²) in [6, 6.07) is 44.7. The summed E-state index contributed by atoms with van der Waals surface area (Å²) in [5.74, 6) is 0.632. The van der Waals surface area contributed by atoms with Gasteiger partial charge in [-0.15, -0.1) is 11.3 Å². The van der Waals surface area contributed by atoms with Crippen molar-refractivity contribution in [2.45, 2.75) is 0 Å². The summed E-state index contributed by atoms with van der Waals surface area (Å²) in [6.45, 7) is 0. The van der Waals surface area contributed by atoms with Crippen LogP contribution >= 0.6 is 11.3 Å². The largest absolute Gasteiger partial charge is 0.451 e. The lowest BCUT2D eigenvalue weighted by atomic mass is 10.1. The van der Waals surface area contributed by atoms with E-state index in [0.717, 1.165) is 49.5 Å². The number of rotatable bonds is 2. The first-order valence-corrected chi connectivity index (χ1v) is 15.2. The van der Waals surface area contributed by atoms with Crippen molar-refractivity contribution in [3.05, 3.63) is 127 Å². The summed E-state index contributed by atoms with van der Waals surface area (Å²) in [4.78, 5) is 10.6. The summed E-state index contributed by atoms with van der Waals surface area (Å²) in [5.41, 5.74) is 6.31. The second-order valence-electron chi connectivity index (χ2n) is 11.0. The van der Waals surface area contributed by atoms with E-state index in [1.54, 1.807) is 0 Å². The van der Waals surface area contributed by atoms with E-state index < -0.39 is 0 Å². The predicted molar refractivity (Wildman–Crippen MR) is 179 cm³/mol. The highest BCUT2D eigenvalue weighted by Crippen LogP contribution is 2.44. The van der Waals surface area contributed by atoms with Gasteiger partial charge in [-0.05, 0) is 35.7 Å². The maximum atomic E-state index is 6.66. The smallest absolute Gasteiger partial charge is 0.236 e. The predicted octanol–water partition coefficient (Wildman–Crippen LogP) is 10.7. The second-order valence-corrected chi connectivity index (χ2v) is 12.0. The van der Waals surface area contributed by atoms with Gasteiger partial charge in [0.25, 0.3) is 0 Å². The molecule has 0 aliphatic carbocycles. The van der Waals surface area contributed by atoms with E-state index in [0.29, 0.717) is 11.5 Å². The molecule has 0 fully saturated rings. The monoisotopic (exact) mass is 567 g/mol. The highest BCUT2D eigenvalue weighted by atomic mass is 32.1. The van der Waals surface area contributed by atoms with Crippen molar-refractivity contribution in [1.82, 2.24) is 14.5 Å². The molecule has 5 heteroatoms. The molecule has 200 valence electrons. The fraction of sp³-hybridized carbons (Fsp3) is 0. The van der Waals surface area contributed by atoms with E-state index in [1.165, 1.54) is 30.9 Å². The summed E-state index contributed by atoms with van der Waals surface area (Å²) in [6.07, 6.45) is 0. The fourth-order valence-corrected chi connectivity index (χ4v) is 7.85. The molecule has 0 unspecified atom stereocenters. The van der Waals surface area contributed by atoms with E-state index in [1.807, 2.05) is 29.5 Å². The molecular formula is C38H21N3OS. The molecule has 0 aliphatic heterocycles. The van der Waals surface area contributed by atoms with Crippen molar-refractivity contribution in [1.29, 1.82) is 0 Å². The molecule has 0 saturated heterocycles. The van der Waals surface area contributed by atoms with Crippen molar-refractivity contribution in [3.8, 4) is 17.2 Å². The maximum Gasteiger partial charge on any atom is 0.236 e. The molecule has 43 heavy (non-hydrogen) atoms. The molecule has 10 rings (SSSR count). The van der Waals surface area contributed by atoms with E-state index in [4.69, 9.17) is 14.4 Å². The van der Waals surface area contributed by atoms with Crippen molar-refractivity contribution in [3.63, 3.8) is 0 Å². The highest BCUT2D eigenvalue weighted by Gasteiger charge is 2.23. The molecule has 4 nitrogen and oxygen atoms in total. The lowest BCUT2D eigenvalue weighted by molar-refractivity contribution is 0.670. The van der Waals surface area contributed by atoms with Crippen LogP contribution in [0.2, 0.25) is 0 Å². The zero-order chi connectivity index (χ0) is 28.1. The normalized spacial score (nSPS) is 12.2. The summed E-state index contributed by atoms with van der Waals surface area (Å²) in [5, 5.41) is 8.20. The third kappa shape index (κ3) is 3.14. The minimum atomic E-state index is 0.632. The van der Waals surface area contributed by atoms with E-state index >= 15 is 0 Å². The molecule has 4 heterocycles. The maximum absolute atomic E-state index is 6.66. The van der Waals surface area contributed by atoms with Gasteiger partial charge >= 0.3 is 0 Å². The Morgan fingerprint density at radius 1 is 0.512 bits per heavy atom. The second kappa shape index (κ2) is 8.51. The molecule has 0 radical (unpaired) electrons. The average Bonchev–Trinajstić information content (AvgIpc) is 3.74. The summed E-state index contributed by atoms with van der Waals surface area (Å²) < 4.78 is 11.5. The highest BCUT2D eigenvalue weighted by molar-refractivity contribution is 7.26. The lowest BCUT2D eigenvalue weighted by Gasteiger charge is -2.09. The zero-order valence-electron chi connectivity index (χ0n) is 22.8. The molecule has 0 saturated carbocycles. The van der Waals surface area contributed by atoms with Crippen LogP contribution in [0.3, 0.4) is 0 Å². The number of fused-ring (bicyclic) bond motifs is 12. The van der Waals surface area contributed by atoms with Gasteiger partial charge in [0, 0.05) is 47.3 Å². The molecule has 6 aromatic carbocycles. The Bertz CT molecular complexity index is 2730. The molecule has 0 aliphatic rings. The molecule has 10 aromatic rings. The first kappa shape index (κ1) is 23.1. The zero-order valence-corrected chi connectivity index (χ0v) is 23.6. The van der Waals surface area contributed by atoms with Crippen LogP contribution in [0.15, 0.2) is 132 Å². The Kier molecular flexibility index (Phi) is 4.57. The van der Waals surface area contributed by atoms with Gasteiger partial charge in [-0.25, -0.2) is 9.97 Å². The van der Waals surface area contributed by atoms with Crippen LogP contribution < -0.4 is 0 Å². The van der Waals surface area contributed by atoms with Gasteiger partial charge in [0.15, 0.2) is 5.58 Å². The molecule has 0 spiro atoms. The van der Waals surface area contributed by atoms with Crippen molar-refractivity contribution >= 4 is 86.2 Å². The fourth-order valence-electron chi connectivity index (χ4n) is 6.74. The summed E-state index contributed by atoms with van der Waals surface area (Å²) in [7, 11) is 0. The van der Waals surface area contributed by atoms with Crippen LogP contribution in [0, 0.1) is 0 Å². The Hall–Kier alpha value is -5.52. The Morgan fingerprint density at radius 3 is 2.19 bits per heavy atom. The SMILES string of the molecule is c1ccc(-c2nc(-n3c4ccccc4c4c5c(ccc43)sc3ccccc35)nc3c2oc2c4ccccc4ccc32)cc1. The van der Waals surface area contributed by atoms with E-state index in [9.17, 15) is 0 Å². The molecule has 0 atom stereocenters. The number of benzene rings is 6. The minimum Gasteiger partial charge on any atom is -0.451 e. The standard InChI is InChI=1S/C38H21N3OS/c1-2-11-23(12-3-1)34-37-35(27-19-18-22-10-4-5-13-24(22)36(27)42-37)40-38(39-34)41-28-16-8-6-14-25(28)32-29(41)20-21-31-33(32)26-15-7-9-17-30(26)43-31/h1-21H. The van der Waals surface area contributed by atoms with Crippen LogP contribution in [-0.2, 0) is 0 Å². The number of furan rings is 1. The van der Waals surface area contributed by atoms with Gasteiger partial charge in [0.05, 0.1) is 11.0 Å². The molecular weight excluding hydrogens is 547 g/mol. The molecule has 0 bridgehead atoms. The molecule has 4 aromatic heterocycles. The Balaban J connectivity index is 1.38. The Morgan fingerprint density at radius 2 is 1.28 bits per heavy atom. The van der Waals surface area contributed by atoms with Crippen molar-refractivity contribution in [2.24, 2.45) is 0 Å². The van der Waals surface area contributed by atoms with Gasteiger partial charge in [-0.1, -0.05) is 97.1 Å². The third-order valence-corrected chi connectivity index (χ3v) is 9.75. The van der Waals surface area contributed by atoms with Crippen LogP contribution in [0.4, 0.5) is 0 Å². The van der Waals surface area contributed by atoms with Gasteiger partial charge in [0.1, 0.15) is 16.8 Å². The number of para-hydroxylation sites is 1. The van der Waals surface area contributed by atoms with Crippen molar-refractivity contribution in [2.75, 3.05) is 0 Å². The number of aromatic nitrogens is 3. The van der Waals surface area contributed by atoms with Crippen LogP contribution in [-0.4, -0.2) is 14.5 Å². The van der Waals surface area contributed by atoms with Gasteiger partial charge in [-0.3, -0.25) is 4.57 Å². The first-order valence-electron chi connectivity index (χ1n) is 14.3. The quantitative estimate of drug-likeness (QED) is 0.209. The molecule has 0 amide bonds. The van der Waals surface area contributed by atoms with Gasteiger partial charge < -0.3 is 4.42 Å². The minimum absolute atomic E-state index is 0.632. The van der Waals surface area contributed by atoms with Crippen molar-refractivity contribution < 1.29 is 4.42 Å². The average molecular weight is 568 g/mol. The van der Waals surface area contributed by atoms with Crippen LogP contribution in [0.1, 0.15) is 0 Å². The van der Waals surface area contributed by atoms with Gasteiger partial charge in [-0.2, -0.15) is 0 Å². The van der Waals surface area contributed by atoms with Gasteiger partial charge in [0.2, 0.25) is 5.95 Å². The number of thiophene rings is 1. The van der Waals surface area contributed by atoms with Crippen LogP contribution in [0.5, 0.6) is 0 Å². The van der Waals surface area contributed by atoms with E-state index in [-0.39, 0.29) is 0 Å². The summed E-state index contributed by atoms with van der Waals surface area (Å²) >= 11 is 1.84. The third-order valence-electron chi connectivity index (χ3n) is 8.62. The topological polar surface area (TPSA) is 43.9 Å². The number of hydrogen-bond donors (Lipinski definition) is 0. The number of nitrogens with zero attached hydrogens (tertiary/aromatic N) is 3. The number of hydrogen-bond acceptors (Lipinski definition) is 4. The molecule has 0 N–H and O–H groups in total. The van der Waals surface area contributed by atoms with E-state index in [2.05, 4.69) is 114 Å². The van der Waals surface area contributed by atoms with Crippen LogP contribution in [0.25, 0.3) is 92.0 Å². The Labute approximate surface area is 249 Å². The lowest BCUT2D eigenvalue weighted by Crippen LogP contribution is -2.02.